The van der Waals surface area contributed by atoms with Crippen molar-refractivity contribution in [1.29, 1.82) is 0 Å². The first-order valence-corrected chi connectivity index (χ1v) is 9.50. The van der Waals surface area contributed by atoms with Gasteiger partial charge >= 0.3 is 0 Å². The normalized spacial score (nSPS) is 13.4. The van der Waals surface area contributed by atoms with E-state index in [0.29, 0.717) is 18.0 Å². The molecule has 1 rings (SSSR count). The van der Waals surface area contributed by atoms with Crippen molar-refractivity contribution in [2.24, 2.45) is 0 Å². The van der Waals surface area contributed by atoms with Crippen molar-refractivity contribution in [3.05, 3.63) is 29.3 Å². The van der Waals surface area contributed by atoms with Crippen LogP contribution in [0.5, 0.6) is 0 Å². The van der Waals surface area contributed by atoms with Gasteiger partial charge in [0, 0.05) is 18.3 Å². The summed E-state index contributed by atoms with van der Waals surface area (Å²) in [6, 6.07) is 5.35. The molecule has 2 N–H and O–H groups in total. The molecule has 0 saturated heterocycles. The van der Waals surface area contributed by atoms with E-state index < -0.39 is 10.0 Å². The molecule has 0 saturated carbocycles. The van der Waals surface area contributed by atoms with Gasteiger partial charge in [0.15, 0.2) is 0 Å². The van der Waals surface area contributed by atoms with E-state index in [2.05, 4.69) is 17.0 Å². The van der Waals surface area contributed by atoms with Gasteiger partial charge in [0.25, 0.3) is 0 Å². The van der Waals surface area contributed by atoms with Crippen LogP contribution in [0.25, 0.3) is 0 Å². The topological polar surface area (TPSA) is 58.2 Å². The molecule has 1 aromatic rings. The maximum absolute atomic E-state index is 12.3. The number of hydrogen-bond donors (Lipinski definition) is 2. The zero-order valence-corrected chi connectivity index (χ0v) is 14.2. The highest BCUT2D eigenvalue weighted by Gasteiger charge is 2.16. The standard InChI is InChI=1S/C14H24N2O2S2/c1-5-12-6-7-14(8-13(12)10-15-3)20(17,18)16-9-11(2)19-4/h6-8,11,15-16H,5,9-10H2,1-4H3. The van der Waals surface area contributed by atoms with E-state index in [1.54, 1.807) is 23.9 Å². The molecule has 0 aliphatic rings. The Balaban J connectivity index is 2.97. The summed E-state index contributed by atoms with van der Waals surface area (Å²) in [4.78, 5) is 0.341. The summed E-state index contributed by atoms with van der Waals surface area (Å²) in [6.45, 7) is 5.19. The molecule has 0 amide bonds. The summed E-state index contributed by atoms with van der Waals surface area (Å²) in [7, 11) is -1.56. The summed E-state index contributed by atoms with van der Waals surface area (Å²) in [5, 5.41) is 3.34. The fourth-order valence-corrected chi connectivity index (χ4v) is 3.40. The van der Waals surface area contributed by atoms with Crippen molar-refractivity contribution in [3.8, 4) is 0 Å². The van der Waals surface area contributed by atoms with Crippen LogP contribution in [-0.4, -0.2) is 33.5 Å². The minimum absolute atomic E-state index is 0.261. The lowest BCUT2D eigenvalue weighted by Gasteiger charge is -2.13. The minimum Gasteiger partial charge on any atom is -0.316 e. The van der Waals surface area contributed by atoms with E-state index in [-0.39, 0.29) is 5.25 Å². The van der Waals surface area contributed by atoms with Crippen LogP contribution >= 0.6 is 11.8 Å². The van der Waals surface area contributed by atoms with E-state index in [0.717, 1.165) is 12.0 Å². The van der Waals surface area contributed by atoms with E-state index in [4.69, 9.17) is 0 Å². The summed E-state index contributed by atoms with van der Waals surface area (Å²) in [5.41, 5.74) is 2.21. The SMILES string of the molecule is CCc1ccc(S(=O)(=O)NCC(C)SC)cc1CNC. The Bertz CT molecular complexity index is 530. The van der Waals surface area contributed by atoms with Gasteiger partial charge < -0.3 is 5.32 Å². The number of hydrogen-bond acceptors (Lipinski definition) is 4. The number of thioether (sulfide) groups is 1. The number of rotatable bonds is 8. The quantitative estimate of drug-likeness (QED) is 0.770. The number of sulfonamides is 1. The average Bonchev–Trinajstić information content (AvgIpc) is 2.45. The van der Waals surface area contributed by atoms with Gasteiger partial charge in [-0.3, -0.25) is 0 Å². The smallest absolute Gasteiger partial charge is 0.240 e. The molecule has 6 heteroatoms. The second kappa shape index (κ2) is 8.02. The monoisotopic (exact) mass is 316 g/mol. The van der Waals surface area contributed by atoms with Crippen molar-refractivity contribution in [3.63, 3.8) is 0 Å². The van der Waals surface area contributed by atoms with E-state index in [1.165, 1.54) is 5.56 Å². The summed E-state index contributed by atoms with van der Waals surface area (Å²) < 4.78 is 27.2. The molecule has 4 nitrogen and oxygen atoms in total. The van der Waals surface area contributed by atoms with Crippen LogP contribution in [0.2, 0.25) is 0 Å². The van der Waals surface area contributed by atoms with Crippen LogP contribution in [0, 0.1) is 0 Å². The maximum Gasteiger partial charge on any atom is 0.240 e. The van der Waals surface area contributed by atoms with Gasteiger partial charge in [-0.15, -0.1) is 0 Å². The van der Waals surface area contributed by atoms with E-state index in [9.17, 15) is 8.42 Å². The first kappa shape index (κ1) is 17.5. The summed E-state index contributed by atoms with van der Waals surface area (Å²) in [5.74, 6) is 0. The van der Waals surface area contributed by atoms with E-state index in [1.807, 2.05) is 26.3 Å². The third-order valence-corrected chi connectivity index (χ3v) is 5.59. The highest BCUT2D eigenvalue weighted by atomic mass is 32.2. The molecule has 20 heavy (non-hydrogen) atoms. The highest BCUT2D eigenvalue weighted by Crippen LogP contribution is 2.17. The Kier molecular flexibility index (Phi) is 7.02. The second-order valence-electron chi connectivity index (χ2n) is 4.71. The van der Waals surface area contributed by atoms with Gasteiger partial charge in [-0.1, -0.05) is 19.9 Å². The number of aryl methyl sites for hydroxylation is 1. The molecule has 1 aromatic carbocycles. The molecule has 0 fully saturated rings. The van der Waals surface area contributed by atoms with Gasteiger partial charge in [0.1, 0.15) is 0 Å². The predicted molar refractivity (Wildman–Crippen MR) is 86.7 cm³/mol. The van der Waals surface area contributed by atoms with Crippen molar-refractivity contribution in [2.75, 3.05) is 19.8 Å². The van der Waals surface area contributed by atoms with Crippen LogP contribution in [0.15, 0.2) is 23.1 Å². The zero-order chi connectivity index (χ0) is 15.2. The van der Waals surface area contributed by atoms with Crippen LogP contribution in [-0.2, 0) is 23.0 Å². The van der Waals surface area contributed by atoms with Gasteiger partial charge in [0.2, 0.25) is 10.0 Å². The Morgan fingerprint density at radius 2 is 2.00 bits per heavy atom. The van der Waals surface area contributed by atoms with Crippen molar-refractivity contribution in [2.45, 2.75) is 37.0 Å². The van der Waals surface area contributed by atoms with Crippen LogP contribution in [0.4, 0.5) is 0 Å². The van der Waals surface area contributed by atoms with Crippen LogP contribution in [0.3, 0.4) is 0 Å². The Hall–Kier alpha value is -0.560. The first-order chi connectivity index (χ1) is 9.44. The fourth-order valence-electron chi connectivity index (χ4n) is 1.86. The molecule has 0 radical (unpaired) electrons. The average molecular weight is 316 g/mol. The molecule has 0 spiro atoms. The lowest BCUT2D eigenvalue weighted by Crippen LogP contribution is -2.29. The molecule has 0 heterocycles. The van der Waals surface area contributed by atoms with Crippen molar-refractivity contribution < 1.29 is 8.42 Å². The Morgan fingerprint density at radius 1 is 1.30 bits per heavy atom. The third kappa shape index (κ3) is 4.77. The van der Waals surface area contributed by atoms with Gasteiger partial charge in [-0.25, -0.2) is 13.1 Å². The molecule has 1 unspecified atom stereocenters. The number of nitrogens with one attached hydrogen (secondary N) is 2. The first-order valence-electron chi connectivity index (χ1n) is 6.73. The van der Waals surface area contributed by atoms with Crippen LogP contribution in [0.1, 0.15) is 25.0 Å². The summed E-state index contributed by atoms with van der Waals surface area (Å²) in [6.07, 6.45) is 2.87. The molecule has 0 aliphatic carbocycles. The molecular formula is C14H24N2O2S2. The maximum atomic E-state index is 12.3. The van der Waals surface area contributed by atoms with Gasteiger partial charge in [0.05, 0.1) is 4.90 Å². The molecule has 0 aromatic heterocycles. The zero-order valence-electron chi connectivity index (χ0n) is 12.6. The summed E-state index contributed by atoms with van der Waals surface area (Å²) >= 11 is 1.64. The lowest BCUT2D eigenvalue weighted by atomic mass is 10.1. The molecule has 1 atom stereocenters. The Morgan fingerprint density at radius 3 is 2.55 bits per heavy atom. The third-order valence-electron chi connectivity index (χ3n) is 3.20. The minimum atomic E-state index is -3.42. The molecule has 0 bridgehead atoms. The van der Waals surface area contributed by atoms with Gasteiger partial charge in [-0.2, -0.15) is 11.8 Å². The van der Waals surface area contributed by atoms with Gasteiger partial charge in [-0.05, 0) is 43.0 Å². The van der Waals surface area contributed by atoms with Crippen molar-refractivity contribution in [1.82, 2.24) is 10.0 Å². The molecule has 114 valence electrons. The fraction of sp³-hybridized carbons (Fsp3) is 0.571. The molecule has 0 aliphatic heterocycles. The Labute approximate surface area is 126 Å². The van der Waals surface area contributed by atoms with E-state index >= 15 is 0 Å². The second-order valence-corrected chi connectivity index (χ2v) is 7.76. The molecular weight excluding hydrogens is 292 g/mol. The predicted octanol–water partition coefficient (Wildman–Crippen LogP) is 2.00. The lowest BCUT2D eigenvalue weighted by molar-refractivity contribution is 0.581. The highest BCUT2D eigenvalue weighted by molar-refractivity contribution is 7.99. The number of benzene rings is 1. The van der Waals surface area contributed by atoms with Crippen molar-refractivity contribution >= 4 is 21.8 Å². The largest absolute Gasteiger partial charge is 0.316 e. The van der Waals surface area contributed by atoms with Crippen LogP contribution < -0.4 is 10.0 Å².